The molecule has 2 atom stereocenters. The molecule has 7 nitrogen and oxygen atoms in total. The third-order valence-electron chi connectivity index (χ3n) is 5.68. The van der Waals surface area contributed by atoms with Gasteiger partial charge in [-0.1, -0.05) is 12.1 Å². The smallest absolute Gasteiger partial charge is 0.356 e. The van der Waals surface area contributed by atoms with Crippen molar-refractivity contribution in [1.29, 1.82) is 5.26 Å². The molecule has 2 aliphatic heterocycles. The maximum absolute atomic E-state index is 13.8. The standard InChI is InChI=1S/C20H20F3N5O2S/c1-31(29,30)17-5-3-2-4-16(17)26-19-14(7-24)15(20(21,22)23)6-18(27-19)28-10-12-8-25-9-13(12)11-28/h2-6,12-13,25H,8-11H2,1H3,(H,26,27)/t12-,13+. The Kier molecular flexibility index (Phi) is 5.31. The summed E-state index contributed by atoms with van der Waals surface area (Å²) in [5, 5.41) is 15.4. The Morgan fingerprint density at radius 1 is 1.23 bits per heavy atom. The first-order valence-electron chi connectivity index (χ1n) is 9.62. The predicted molar refractivity (Wildman–Crippen MR) is 109 cm³/mol. The molecule has 4 rings (SSSR count). The lowest BCUT2D eigenvalue weighted by Crippen LogP contribution is -2.27. The van der Waals surface area contributed by atoms with Gasteiger partial charge in [-0.2, -0.15) is 18.4 Å². The Bertz CT molecular complexity index is 1150. The topological polar surface area (TPSA) is 98.1 Å². The monoisotopic (exact) mass is 451 g/mol. The molecule has 31 heavy (non-hydrogen) atoms. The molecule has 0 radical (unpaired) electrons. The average Bonchev–Trinajstić information content (AvgIpc) is 3.28. The van der Waals surface area contributed by atoms with E-state index in [1.807, 2.05) is 0 Å². The van der Waals surface area contributed by atoms with Crippen molar-refractivity contribution < 1.29 is 21.6 Å². The van der Waals surface area contributed by atoms with Crippen molar-refractivity contribution in [3.63, 3.8) is 0 Å². The van der Waals surface area contributed by atoms with E-state index in [1.165, 1.54) is 18.2 Å². The molecule has 3 heterocycles. The van der Waals surface area contributed by atoms with Gasteiger partial charge >= 0.3 is 6.18 Å². The van der Waals surface area contributed by atoms with Gasteiger partial charge in [0.1, 0.15) is 17.5 Å². The quantitative estimate of drug-likeness (QED) is 0.738. The molecule has 2 saturated heterocycles. The summed E-state index contributed by atoms with van der Waals surface area (Å²) in [5.41, 5.74) is -1.73. The van der Waals surface area contributed by atoms with E-state index in [0.717, 1.165) is 25.4 Å². The number of sulfone groups is 1. The summed E-state index contributed by atoms with van der Waals surface area (Å²) in [6.07, 6.45) is -3.77. The van der Waals surface area contributed by atoms with Gasteiger partial charge in [0.05, 0.1) is 16.1 Å². The van der Waals surface area contributed by atoms with E-state index in [2.05, 4.69) is 15.6 Å². The summed E-state index contributed by atoms with van der Waals surface area (Å²) in [6.45, 7) is 2.73. The molecule has 1 aromatic heterocycles. The summed E-state index contributed by atoms with van der Waals surface area (Å²) >= 11 is 0. The number of nitrogens with one attached hydrogen (secondary N) is 2. The van der Waals surface area contributed by atoms with Crippen molar-refractivity contribution in [2.45, 2.75) is 11.1 Å². The van der Waals surface area contributed by atoms with Gasteiger partial charge in [-0.3, -0.25) is 0 Å². The highest BCUT2D eigenvalue weighted by Gasteiger charge is 2.40. The van der Waals surface area contributed by atoms with Crippen LogP contribution < -0.4 is 15.5 Å². The number of alkyl halides is 3. The minimum Gasteiger partial charge on any atom is -0.356 e. The van der Waals surface area contributed by atoms with Crippen LogP contribution in [0.2, 0.25) is 0 Å². The number of fused-ring (bicyclic) bond motifs is 1. The molecule has 164 valence electrons. The number of nitrogens with zero attached hydrogens (tertiary/aromatic N) is 3. The molecule has 2 fully saturated rings. The van der Waals surface area contributed by atoms with Crippen LogP contribution in [0.4, 0.5) is 30.5 Å². The van der Waals surface area contributed by atoms with Gasteiger partial charge in [-0.25, -0.2) is 13.4 Å². The van der Waals surface area contributed by atoms with Crippen LogP contribution >= 0.6 is 0 Å². The van der Waals surface area contributed by atoms with Crippen molar-refractivity contribution in [3.05, 3.63) is 41.5 Å². The number of rotatable bonds is 4. The summed E-state index contributed by atoms with van der Waals surface area (Å²) in [4.78, 5) is 6.02. The number of pyridine rings is 1. The summed E-state index contributed by atoms with van der Waals surface area (Å²) in [6, 6.07) is 8.31. The SMILES string of the molecule is CS(=O)(=O)c1ccccc1Nc1nc(N2C[C@H]3CNC[C@H]3C2)cc(C(F)(F)F)c1C#N. The first kappa shape index (κ1) is 21.4. The van der Waals surface area contributed by atoms with E-state index in [4.69, 9.17) is 0 Å². The number of halogens is 3. The van der Waals surface area contributed by atoms with Crippen molar-refractivity contribution in [1.82, 2.24) is 10.3 Å². The Labute approximate surface area is 177 Å². The lowest BCUT2D eigenvalue weighted by molar-refractivity contribution is -0.137. The second kappa shape index (κ2) is 7.69. The van der Waals surface area contributed by atoms with Crippen LogP contribution in [0.1, 0.15) is 11.1 Å². The highest BCUT2D eigenvalue weighted by atomic mass is 32.2. The number of nitriles is 1. The number of anilines is 3. The fourth-order valence-electron chi connectivity index (χ4n) is 4.18. The third kappa shape index (κ3) is 4.18. The number of hydrogen-bond donors (Lipinski definition) is 2. The van der Waals surface area contributed by atoms with Gasteiger partial charge in [0.2, 0.25) is 0 Å². The fourth-order valence-corrected chi connectivity index (χ4v) is 5.03. The molecule has 2 aromatic rings. The Balaban J connectivity index is 1.81. The van der Waals surface area contributed by atoms with Crippen molar-refractivity contribution in [3.8, 4) is 6.07 Å². The third-order valence-corrected chi connectivity index (χ3v) is 6.83. The zero-order chi connectivity index (χ0) is 22.4. The number of aromatic nitrogens is 1. The van der Waals surface area contributed by atoms with Gasteiger partial charge < -0.3 is 15.5 Å². The maximum atomic E-state index is 13.8. The second-order valence-corrected chi connectivity index (χ2v) is 9.82. The minimum absolute atomic E-state index is 0.0572. The van der Waals surface area contributed by atoms with Crippen LogP contribution in [0, 0.1) is 23.2 Å². The van der Waals surface area contributed by atoms with E-state index in [9.17, 15) is 26.9 Å². The van der Waals surface area contributed by atoms with Crippen LogP contribution in [-0.2, 0) is 16.0 Å². The van der Waals surface area contributed by atoms with E-state index in [0.29, 0.717) is 24.9 Å². The molecule has 0 aliphatic carbocycles. The molecule has 1 aromatic carbocycles. The van der Waals surface area contributed by atoms with Crippen molar-refractivity contribution in [2.24, 2.45) is 11.8 Å². The second-order valence-electron chi connectivity index (χ2n) is 7.84. The lowest BCUT2D eigenvalue weighted by atomic mass is 10.0. The Hall–Kier alpha value is -2.84. The highest BCUT2D eigenvalue weighted by Crippen LogP contribution is 2.39. The zero-order valence-electron chi connectivity index (χ0n) is 16.6. The van der Waals surface area contributed by atoms with Gasteiger partial charge in [0.25, 0.3) is 0 Å². The van der Waals surface area contributed by atoms with E-state index in [-0.39, 0.29) is 22.2 Å². The van der Waals surface area contributed by atoms with E-state index < -0.39 is 27.1 Å². The van der Waals surface area contributed by atoms with E-state index in [1.54, 1.807) is 17.0 Å². The molecule has 0 bridgehead atoms. The molecule has 2 aliphatic rings. The minimum atomic E-state index is -4.77. The van der Waals surface area contributed by atoms with Crippen LogP contribution in [0.5, 0.6) is 0 Å². The highest BCUT2D eigenvalue weighted by molar-refractivity contribution is 7.90. The van der Waals surface area contributed by atoms with Crippen LogP contribution in [0.25, 0.3) is 0 Å². The Morgan fingerprint density at radius 2 is 1.87 bits per heavy atom. The average molecular weight is 451 g/mol. The fraction of sp³-hybridized carbons (Fsp3) is 0.400. The molecule has 0 amide bonds. The molecule has 0 saturated carbocycles. The summed E-state index contributed by atoms with van der Waals surface area (Å²) in [5.74, 6) is 0.446. The van der Waals surface area contributed by atoms with Gasteiger partial charge in [-0.05, 0) is 30.0 Å². The molecular formula is C20H20F3N5O2S. The van der Waals surface area contributed by atoms with Gasteiger partial charge in [-0.15, -0.1) is 0 Å². The number of hydrogen-bond acceptors (Lipinski definition) is 7. The summed E-state index contributed by atoms with van der Waals surface area (Å²) < 4.78 is 65.6. The van der Waals surface area contributed by atoms with Gasteiger partial charge in [0.15, 0.2) is 15.7 Å². The van der Waals surface area contributed by atoms with Gasteiger partial charge in [0, 0.05) is 32.4 Å². The first-order valence-corrected chi connectivity index (χ1v) is 11.5. The molecule has 2 N–H and O–H groups in total. The van der Waals surface area contributed by atoms with Crippen LogP contribution in [0.3, 0.4) is 0 Å². The largest absolute Gasteiger partial charge is 0.417 e. The number of benzene rings is 1. The van der Waals surface area contributed by atoms with Crippen LogP contribution in [-0.4, -0.2) is 45.8 Å². The number of para-hydroxylation sites is 1. The molecule has 0 unspecified atom stereocenters. The molecule has 11 heteroatoms. The Morgan fingerprint density at radius 3 is 2.45 bits per heavy atom. The predicted octanol–water partition coefficient (Wildman–Crippen LogP) is 2.77. The van der Waals surface area contributed by atoms with E-state index >= 15 is 0 Å². The van der Waals surface area contributed by atoms with Crippen molar-refractivity contribution in [2.75, 3.05) is 42.7 Å². The first-order chi connectivity index (χ1) is 14.6. The summed E-state index contributed by atoms with van der Waals surface area (Å²) in [7, 11) is -3.66. The van der Waals surface area contributed by atoms with Crippen LogP contribution in [0.15, 0.2) is 35.2 Å². The normalized spacial score (nSPS) is 21.1. The van der Waals surface area contributed by atoms with Crippen molar-refractivity contribution >= 4 is 27.2 Å². The zero-order valence-corrected chi connectivity index (χ0v) is 17.4. The molecular weight excluding hydrogens is 431 g/mol. The maximum Gasteiger partial charge on any atom is 0.417 e. The lowest BCUT2D eigenvalue weighted by Gasteiger charge is -2.22. The molecule has 0 spiro atoms.